The van der Waals surface area contributed by atoms with E-state index in [0.29, 0.717) is 13.2 Å². The smallest absolute Gasteiger partial charge is 0.242 e. The molecule has 4 nitrogen and oxygen atoms in total. The van der Waals surface area contributed by atoms with Gasteiger partial charge in [-0.15, -0.1) is 6.58 Å². The molecule has 0 saturated heterocycles. The van der Waals surface area contributed by atoms with E-state index in [1.54, 1.807) is 6.08 Å². The van der Waals surface area contributed by atoms with E-state index in [9.17, 15) is 4.79 Å². The summed E-state index contributed by atoms with van der Waals surface area (Å²) in [5, 5.41) is 5.86. The SMILES string of the molecule is C=CCNC(=O)[C@H](C)Nc1ccc(OCC)cc1. The molecule has 0 aliphatic heterocycles. The molecule has 4 heteroatoms. The number of anilines is 1. The third-order valence-corrected chi connectivity index (χ3v) is 2.36. The molecule has 1 rings (SSSR count). The lowest BCUT2D eigenvalue weighted by atomic mass is 10.2. The maximum Gasteiger partial charge on any atom is 0.242 e. The van der Waals surface area contributed by atoms with Gasteiger partial charge in [-0.05, 0) is 38.1 Å². The third-order valence-electron chi connectivity index (χ3n) is 2.36. The lowest BCUT2D eigenvalue weighted by Crippen LogP contribution is -2.37. The van der Waals surface area contributed by atoms with E-state index < -0.39 is 0 Å². The molecule has 1 aromatic carbocycles. The van der Waals surface area contributed by atoms with Crippen LogP contribution in [-0.2, 0) is 4.79 Å². The highest BCUT2D eigenvalue weighted by Crippen LogP contribution is 2.16. The second-order valence-electron chi connectivity index (χ2n) is 3.86. The summed E-state index contributed by atoms with van der Waals surface area (Å²) in [6, 6.07) is 7.24. The summed E-state index contributed by atoms with van der Waals surface area (Å²) in [4.78, 5) is 11.6. The molecule has 0 aliphatic rings. The molecule has 0 bridgehead atoms. The van der Waals surface area contributed by atoms with Crippen LogP contribution in [0.25, 0.3) is 0 Å². The van der Waals surface area contributed by atoms with Gasteiger partial charge in [0, 0.05) is 12.2 Å². The van der Waals surface area contributed by atoms with Gasteiger partial charge in [-0.1, -0.05) is 6.08 Å². The van der Waals surface area contributed by atoms with Crippen molar-refractivity contribution in [2.75, 3.05) is 18.5 Å². The zero-order valence-electron chi connectivity index (χ0n) is 10.9. The molecular weight excluding hydrogens is 228 g/mol. The normalized spacial score (nSPS) is 11.4. The van der Waals surface area contributed by atoms with Crippen molar-refractivity contribution >= 4 is 11.6 Å². The number of hydrogen-bond donors (Lipinski definition) is 2. The van der Waals surface area contributed by atoms with Gasteiger partial charge in [0.2, 0.25) is 5.91 Å². The molecule has 0 aromatic heterocycles. The Kier molecular flexibility index (Phi) is 5.77. The van der Waals surface area contributed by atoms with Gasteiger partial charge in [-0.3, -0.25) is 4.79 Å². The fourth-order valence-corrected chi connectivity index (χ4v) is 1.46. The number of carbonyl (C=O) groups excluding carboxylic acids is 1. The fourth-order valence-electron chi connectivity index (χ4n) is 1.46. The Morgan fingerprint density at radius 2 is 2.11 bits per heavy atom. The minimum Gasteiger partial charge on any atom is -0.494 e. The van der Waals surface area contributed by atoms with Crippen molar-refractivity contribution in [2.45, 2.75) is 19.9 Å². The number of ether oxygens (including phenoxy) is 1. The predicted octanol–water partition coefficient (Wildman–Crippen LogP) is 2.19. The zero-order chi connectivity index (χ0) is 13.4. The van der Waals surface area contributed by atoms with Gasteiger partial charge in [-0.25, -0.2) is 0 Å². The lowest BCUT2D eigenvalue weighted by Gasteiger charge is -2.15. The van der Waals surface area contributed by atoms with Crippen LogP contribution in [0, 0.1) is 0 Å². The molecule has 18 heavy (non-hydrogen) atoms. The summed E-state index contributed by atoms with van der Waals surface area (Å²) < 4.78 is 5.35. The molecule has 0 radical (unpaired) electrons. The highest BCUT2D eigenvalue weighted by molar-refractivity contribution is 5.84. The molecule has 1 atom stereocenters. The minimum absolute atomic E-state index is 0.0521. The second kappa shape index (κ2) is 7.37. The quantitative estimate of drug-likeness (QED) is 0.727. The van der Waals surface area contributed by atoms with Crippen LogP contribution in [0.15, 0.2) is 36.9 Å². The van der Waals surface area contributed by atoms with Crippen LogP contribution in [-0.4, -0.2) is 25.1 Å². The van der Waals surface area contributed by atoms with Gasteiger partial charge in [0.05, 0.1) is 6.61 Å². The molecular formula is C14H20N2O2. The summed E-state index contributed by atoms with van der Waals surface area (Å²) in [6.45, 7) is 8.44. The van der Waals surface area contributed by atoms with Gasteiger partial charge in [0.25, 0.3) is 0 Å². The molecule has 98 valence electrons. The molecule has 0 aliphatic carbocycles. The van der Waals surface area contributed by atoms with Crippen molar-refractivity contribution in [3.05, 3.63) is 36.9 Å². The highest BCUT2D eigenvalue weighted by Gasteiger charge is 2.10. The summed E-state index contributed by atoms with van der Waals surface area (Å²) >= 11 is 0. The Bertz CT molecular complexity index is 387. The van der Waals surface area contributed by atoms with Gasteiger partial charge in [-0.2, -0.15) is 0 Å². The van der Waals surface area contributed by atoms with Gasteiger partial charge in [0.15, 0.2) is 0 Å². The average molecular weight is 248 g/mol. The fraction of sp³-hybridized carbons (Fsp3) is 0.357. The van der Waals surface area contributed by atoms with Gasteiger partial charge in [0.1, 0.15) is 11.8 Å². The first-order valence-corrected chi connectivity index (χ1v) is 6.05. The van der Waals surface area contributed by atoms with Crippen molar-refractivity contribution < 1.29 is 9.53 Å². The number of carbonyl (C=O) groups is 1. The number of amides is 1. The molecule has 1 amide bonds. The average Bonchev–Trinajstić information content (AvgIpc) is 2.38. The standard InChI is InChI=1S/C14H20N2O2/c1-4-10-15-14(17)11(3)16-12-6-8-13(9-7-12)18-5-2/h4,6-9,11,16H,1,5,10H2,2-3H3,(H,15,17)/t11-/m0/s1. The Labute approximate surface area is 108 Å². The van der Waals surface area contributed by atoms with E-state index in [2.05, 4.69) is 17.2 Å². The molecule has 2 N–H and O–H groups in total. The summed E-state index contributed by atoms with van der Waals surface area (Å²) in [5.74, 6) is 0.774. The molecule has 1 aromatic rings. The highest BCUT2D eigenvalue weighted by atomic mass is 16.5. The molecule has 0 fully saturated rings. The molecule has 0 unspecified atom stereocenters. The topological polar surface area (TPSA) is 50.4 Å². The zero-order valence-corrected chi connectivity index (χ0v) is 10.9. The lowest BCUT2D eigenvalue weighted by molar-refractivity contribution is -0.121. The Morgan fingerprint density at radius 3 is 2.67 bits per heavy atom. The maximum atomic E-state index is 11.6. The van der Waals surface area contributed by atoms with E-state index in [1.165, 1.54) is 0 Å². The van der Waals surface area contributed by atoms with Gasteiger partial charge >= 0.3 is 0 Å². The van der Waals surface area contributed by atoms with Crippen LogP contribution < -0.4 is 15.4 Å². The first kappa shape index (κ1) is 14.1. The maximum absolute atomic E-state index is 11.6. The number of nitrogens with one attached hydrogen (secondary N) is 2. The Morgan fingerprint density at radius 1 is 1.44 bits per heavy atom. The third kappa shape index (κ3) is 4.49. The Balaban J connectivity index is 2.50. The largest absolute Gasteiger partial charge is 0.494 e. The predicted molar refractivity (Wildman–Crippen MR) is 73.9 cm³/mol. The van der Waals surface area contributed by atoms with Crippen LogP contribution >= 0.6 is 0 Å². The van der Waals surface area contributed by atoms with E-state index in [4.69, 9.17) is 4.74 Å². The number of benzene rings is 1. The second-order valence-corrected chi connectivity index (χ2v) is 3.86. The van der Waals surface area contributed by atoms with Crippen molar-refractivity contribution in [1.29, 1.82) is 0 Å². The molecule has 0 heterocycles. The minimum atomic E-state index is -0.289. The summed E-state index contributed by atoms with van der Waals surface area (Å²) in [7, 11) is 0. The van der Waals surface area contributed by atoms with E-state index in [0.717, 1.165) is 11.4 Å². The van der Waals surface area contributed by atoms with Crippen molar-refractivity contribution in [3.63, 3.8) is 0 Å². The monoisotopic (exact) mass is 248 g/mol. The molecule has 0 saturated carbocycles. The van der Waals surface area contributed by atoms with Crippen molar-refractivity contribution in [1.82, 2.24) is 5.32 Å². The number of hydrogen-bond acceptors (Lipinski definition) is 3. The van der Waals surface area contributed by atoms with E-state index in [1.807, 2.05) is 38.1 Å². The van der Waals surface area contributed by atoms with Crippen LogP contribution in [0.3, 0.4) is 0 Å². The Hall–Kier alpha value is -1.97. The van der Waals surface area contributed by atoms with Crippen LogP contribution in [0.2, 0.25) is 0 Å². The number of rotatable bonds is 7. The summed E-state index contributed by atoms with van der Waals surface area (Å²) in [5.41, 5.74) is 0.889. The first-order chi connectivity index (χ1) is 8.67. The van der Waals surface area contributed by atoms with Gasteiger partial charge < -0.3 is 15.4 Å². The van der Waals surface area contributed by atoms with Crippen LogP contribution in [0.4, 0.5) is 5.69 Å². The van der Waals surface area contributed by atoms with E-state index >= 15 is 0 Å². The molecule has 0 spiro atoms. The van der Waals surface area contributed by atoms with E-state index in [-0.39, 0.29) is 11.9 Å². The van der Waals surface area contributed by atoms with Crippen LogP contribution in [0.5, 0.6) is 5.75 Å². The first-order valence-electron chi connectivity index (χ1n) is 6.05. The van der Waals surface area contributed by atoms with Crippen molar-refractivity contribution in [2.24, 2.45) is 0 Å². The van der Waals surface area contributed by atoms with Crippen LogP contribution in [0.1, 0.15) is 13.8 Å². The summed E-state index contributed by atoms with van der Waals surface area (Å²) in [6.07, 6.45) is 1.65. The van der Waals surface area contributed by atoms with Crippen molar-refractivity contribution in [3.8, 4) is 5.75 Å².